The number of amides is 2. The molecule has 0 aromatic heterocycles. The van der Waals surface area contributed by atoms with Crippen LogP contribution in [0.15, 0.2) is 5.10 Å². The molecule has 1 aliphatic rings. The highest BCUT2D eigenvalue weighted by atomic mass is 16.2. The molecule has 1 rings (SSSR count). The van der Waals surface area contributed by atoms with Crippen molar-refractivity contribution in [2.45, 2.75) is 32.6 Å². The van der Waals surface area contributed by atoms with Gasteiger partial charge < -0.3 is 5.73 Å². The molecule has 4 nitrogen and oxygen atoms in total. The summed E-state index contributed by atoms with van der Waals surface area (Å²) < 4.78 is 0. The van der Waals surface area contributed by atoms with Crippen LogP contribution in [0, 0.1) is 5.92 Å². The van der Waals surface area contributed by atoms with E-state index in [4.69, 9.17) is 5.73 Å². The fourth-order valence-electron chi connectivity index (χ4n) is 1.46. The van der Waals surface area contributed by atoms with E-state index < -0.39 is 6.03 Å². The quantitative estimate of drug-likeness (QED) is 0.569. The van der Waals surface area contributed by atoms with Crippen LogP contribution in [-0.4, -0.2) is 11.7 Å². The lowest BCUT2D eigenvalue weighted by atomic mass is 9.89. The molecule has 1 fully saturated rings. The van der Waals surface area contributed by atoms with Crippen LogP contribution in [-0.2, 0) is 0 Å². The molecule has 4 heteroatoms. The van der Waals surface area contributed by atoms with Crippen molar-refractivity contribution in [1.29, 1.82) is 0 Å². The van der Waals surface area contributed by atoms with Gasteiger partial charge in [0.15, 0.2) is 0 Å². The van der Waals surface area contributed by atoms with E-state index in [1.165, 1.54) is 19.3 Å². The summed E-state index contributed by atoms with van der Waals surface area (Å²) in [5.74, 6) is 0.491. The molecule has 0 aliphatic heterocycles. The van der Waals surface area contributed by atoms with Crippen molar-refractivity contribution in [3.05, 3.63) is 0 Å². The fraction of sp³-hybridized carbons (Fsp3) is 0.750. The first kappa shape index (κ1) is 9.03. The van der Waals surface area contributed by atoms with Crippen LogP contribution in [0.1, 0.15) is 32.6 Å². The van der Waals surface area contributed by atoms with E-state index in [0.29, 0.717) is 5.92 Å². The highest BCUT2D eigenvalue weighted by molar-refractivity contribution is 5.88. The molecule has 0 spiro atoms. The summed E-state index contributed by atoms with van der Waals surface area (Å²) in [4.78, 5) is 10.4. The van der Waals surface area contributed by atoms with Crippen LogP contribution in [0.4, 0.5) is 4.79 Å². The van der Waals surface area contributed by atoms with Crippen LogP contribution in [0.3, 0.4) is 0 Å². The largest absolute Gasteiger partial charge is 0.350 e. The molecule has 3 N–H and O–H groups in total. The molecule has 0 unspecified atom stereocenters. The van der Waals surface area contributed by atoms with Crippen LogP contribution < -0.4 is 11.2 Å². The third-order valence-corrected chi connectivity index (χ3v) is 2.20. The Morgan fingerprint density at radius 3 is 3.00 bits per heavy atom. The van der Waals surface area contributed by atoms with Gasteiger partial charge in [0, 0.05) is 5.71 Å². The van der Waals surface area contributed by atoms with E-state index in [-0.39, 0.29) is 0 Å². The Bertz CT molecular complexity index is 200. The van der Waals surface area contributed by atoms with Gasteiger partial charge in [-0.3, -0.25) is 0 Å². The summed E-state index contributed by atoms with van der Waals surface area (Å²) in [6.07, 6.45) is 4.58. The summed E-state index contributed by atoms with van der Waals surface area (Å²) in [7, 11) is 0. The van der Waals surface area contributed by atoms with E-state index in [2.05, 4.69) is 17.5 Å². The van der Waals surface area contributed by atoms with Crippen molar-refractivity contribution in [2.75, 3.05) is 0 Å². The zero-order chi connectivity index (χ0) is 8.97. The molecule has 0 radical (unpaired) electrons. The number of hydrazone groups is 1. The maximum Gasteiger partial charge on any atom is 0.332 e. The monoisotopic (exact) mass is 169 g/mol. The van der Waals surface area contributed by atoms with E-state index in [1.807, 2.05) is 0 Å². The van der Waals surface area contributed by atoms with Crippen LogP contribution in [0.25, 0.3) is 0 Å². The molecule has 2 amide bonds. The Kier molecular flexibility index (Phi) is 3.08. The van der Waals surface area contributed by atoms with E-state index >= 15 is 0 Å². The Morgan fingerprint density at radius 1 is 1.67 bits per heavy atom. The maximum atomic E-state index is 10.4. The number of hydrogen-bond donors (Lipinski definition) is 2. The number of primary amides is 1. The molecule has 1 aliphatic carbocycles. The van der Waals surface area contributed by atoms with Crippen LogP contribution in [0.5, 0.6) is 0 Å². The summed E-state index contributed by atoms with van der Waals surface area (Å²) in [5, 5.41) is 3.96. The van der Waals surface area contributed by atoms with Gasteiger partial charge >= 0.3 is 6.03 Å². The first-order valence-electron chi connectivity index (χ1n) is 4.32. The van der Waals surface area contributed by atoms with Gasteiger partial charge in [0.1, 0.15) is 0 Å². The molecule has 0 saturated heterocycles. The number of carbonyl (C=O) groups excluding carboxylic acids is 1. The van der Waals surface area contributed by atoms with Gasteiger partial charge in [-0.1, -0.05) is 13.3 Å². The van der Waals surface area contributed by atoms with Crippen molar-refractivity contribution in [1.82, 2.24) is 5.43 Å². The van der Waals surface area contributed by atoms with Gasteiger partial charge in [0.2, 0.25) is 0 Å². The highest BCUT2D eigenvalue weighted by Gasteiger charge is 2.15. The predicted octanol–water partition coefficient (Wildman–Crippen LogP) is 1.22. The van der Waals surface area contributed by atoms with Gasteiger partial charge in [0.05, 0.1) is 0 Å². The second kappa shape index (κ2) is 4.09. The Morgan fingerprint density at radius 2 is 2.42 bits per heavy atom. The number of nitrogens with two attached hydrogens (primary N) is 1. The highest BCUT2D eigenvalue weighted by Crippen LogP contribution is 2.20. The molecule has 0 aromatic rings. The van der Waals surface area contributed by atoms with Gasteiger partial charge in [-0.05, 0) is 25.2 Å². The number of nitrogens with zero attached hydrogens (tertiary/aromatic N) is 1. The average molecular weight is 169 g/mol. The Hall–Kier alpha value is -1.06. The number of hydrogen-bond acceptors (Lipinski definition) is 2. The van der Waals surface area contributed by atoms with Gasteiger partial charge in [0.25, 0.3) is 0 Å². The number of carbonyl (C=O) groups is 1. The van der Waals surface area contributed by atoms with E-state index in [0.717, 1.165) is 12.1 Å². The van der Waals surface area contributed by atoms with E-state index in [9.17, 15) is 4.79 Å². The number of urea groups is 1. The molecule has 0 aromatic carbocycles. The molecular formula is C8H15N3O. The van der Waals surface area contributed by atoms with Crippen molar-refractivity contribution in [2.24, 2.45) is 16.8 Å². The average Bonchev–Trinajstić information content (AvgIpc) is 2.03. The zero-order valence-corrected chi connectivity index (χ0v) is 7.34. The number of nitrogens with one attached hydrogen (secondary N) is 1. The van der Waals surface area contributed by atoms with Gasteiger partial charge in [-0.25, -0.2) is 10.2 Å². The van der Waals surface area contributed by atoms with Crippen LogP contribution in [0.2, 0.25) is 0 Å². The minimum atomic E-state index is -0.583. The van der Waals surface area contributed by atoms with Crippen molar-refractivity contribution < 1.29 is 4.79 Å². The molecule has 68 valence electrons. The van der Waals surface area contributed by atoms with Crippen molar-refractivity contribution in [3.8, 4) is 0 Å². The predicted molar refractivity (Wildman–Crippen MR) is 47.8 cm³/mol. The second-order valence-corrected chi connectivity index (χ2v) is 3.23. The lowest BCUT2D eigenvalue weighted by Crippen LogP contribution is -2.28. The summed E-state index contributed by atoms with van der Waals surface area (Å²) in [6, 6.07) is -0.583. The summed E-state index contributed by atoms with van der Waals surface area (Å²) >= 11 is 0. The smallest absolute Gasteiger partial charge is 0.332 e. The lowest BCUT2D eigenvalue weighted by Gasteiger charge is -2.19. The third-order valence-electron chi connectivity index (χ3n) is 2.20. The standard InChI is InChI=1S/C8H15N3O/c1-6-4-2-3-5-7(6)10-11-8(9)12/h6H,2-5H2,1H3,(H3,9,11,12)/b10-7+/t6-/m0/s1. The van der Waals surface area contributed by atoms with Crippen molar-refractivity contribution >= 4 is 11.7 Å². The topological polar surface area (TPSA) is 67.5 Å². The molecule has 0 heterocycles. The SMILES string of the molecule is C[C@H]1CCCC/C1=N\NC(N)=O. The summed E-state index contributed by atoms with van der Waals surface area (Å²) in [6.45, 7) is 2.13. The lowest BCUT2D eigenvalue weighted by molar-refractivity contribution is 0.249. The van der Waals surface area contributed by atoms with E-state index in [1.54, 1.807) is 0 Å². The van der Waals surface area contributed by atoms with Crippen LogP contribution >= 0.6 is 0 Å². The van der Waals surface area contributed by atoms with Crippen molar-refractivity contribution in [3.63, 3.8) is 0 Å². The molecule has 1 atom stereocenters. The minimum absolute atomic E-state index is 0.491. The molecule has 0 bridgehead atoms. The maximum absolute atomic E-state index is 10.4. The van der Waals surface area contributed by atoms with Gasteiger partial charge in [-0.2, -0.15) is 5.10 Å². The Labute approximate surface area is 72.2 Å². The fourth-order valence-corrected chi connectivity index (χ4v) is 1.46. The zero-order valence-electron chi connectivity index (χ0n) is 7.34. The van der Waals surface area contributed by atoms with Gasteiger partial charge in [-0.15, -0.1) is 0 Å². The number of rotatable bonds is 1. The molecule has 1 saturated carbocycles. The summed E-state index contributed by atoms with van der Waals surface area (Å²) in [5.41, 5.74) is 8.24. The first-order valence-corrected chi connectivity index (χ1v) is 4.32. The Balaban J connectivity index is 2.47. The second-order valence-electron chi connectivity index (χ2n) is 3.23. The normalized spacial score (nSPS) is 27.1. The first-order chi connectivity index (χ1) is 5.70. The third kappa shape index (κ3) is 2.53. The molecular weight excluding hydrogens is 154 g/mol. The minimum Gasteiger partial charge on any atom is -0.350 e. The molecule has 12 heavy (non-hydrogen) atoms.